The lowest BCUT2D eigenvalue weighted by Gasteiger charge is -2.27. The maximum Gasteiger partial charge on any atom is 0.251 e. The summed E-state index contributed by atoms with van der Waals surface area (Å²) in [5, 5.41) is 10.1. The van der Waals surface area contributed by atoms with Crippen LogP contribution in [-0.2, 0) is 31.2 Å². The van der Waals surface area contributed by atoms with Gasteiger partial charge in [-0.1, -0.05) is 95.2 Å². The molecule has 0 bridgehead atoms. The first-order chi connectivity index (χ1) is 20.2. The zero-order valence-corrected chi connectivity index (χ0v) is 28.3. The van der Waals surface area contributed by atoms with Crippen LogP contribution in [0.5, 0.6) is 0 Å². The predicted molar refractivity (Wildman–Crippen MR) is 176 cm³/mol. The molecule has 2 aliphatic heterocycles. The first kappa shape index (κ1) is 30.2. The first-order valence-electron chi connectivity index (χ1n) is 15.7. The molecule has 4 aromatic rings. The summed E-state index contributed by atoms with van der Waals surface area (Å²) in [7, 11) is 0. The fraction of sp³-hybridized carbons (Fsp3) is 0.474. The Kier molecular flexibility index (Phi) is 6.43. The Morgan fingerprint density at radius 1 is 0.523 bits per heavy atom. The van der Waals surface area contributed by atoms with Gasteiger partial charge in [-0.25, -0.2) is 0 Å². The first-order valence-corrected chi connectivity index (χ1v) is 15.7. The van der Waals surface area contributed by atoms with Crippen LogP contribution in [0, 0.1) is 0 Å². The SMILES string of the molecule is CC(C)(C)c1cc(C(C)(C)C)c2c(C3NC(=O)C4=C3C(=O)NC4c3occ4cc(C(C)(C)C)cc(C(C)(C)C)c34)occ2c1. The molecule has 2 aliphatic rings. The van der Waals surface area contributed by atoms with E-state index in [1.54, 1.807) is 12.5 Å². The van der Waals surface area contributed by atoms with Crippen molar-refractivity contribution in [1.82, 2.24) is 10.6 Å². The average Bonchev–Trinajstić information content (AvgIpc) is 3.64. The van der Waals surface area contributed by atoms with Crippen LogP contribution < -0.4 is 10.6 Å². The Labute approximate surface area is 260 Å². The normalized spacial score (nSPS) is 19.7. The fourth-order valence-electron chi connectivity index (χ4n) is 6.68. The lowest BCUT2D eigenvalue weighted by atomic mass is 9.77. The van der Waals surface area contributed by atoms with Gasteiger partial charge in [0, 0.05) is 21.5 Å². The van der Waals surface area contributed by atoms with Crippen molar-refractivity contribution in [2.75, 3.05) is 0 Å². The molecule has 232 valence electrons. The third-order valence-electron chi connectivity index (χ3n) is 9.24. The lowest BCUT2D eigenvalue weighted by Crippen LogP contribution is -2.33. The number of fused-ring (bicyclic) bond motifs is 2. The van der Waals surface area contributed by atoms with Gasteiger partial charge in [0.1, 0.15) is 23.6 Å². The van der Waals surface area contributed by atoms with Crippen LogP contribution in [0.15, 0.2) is 56.8 Å². The molecule has 0 saturated carbocycles. The van der Waals surface area contributed by atoms with E-state index in [0.29, 0.717) is 22.7 Å². The number of benzene rings is 2. The number of rotatable bonds is 2. The Morgan fingerprint density at radius 2 is 0.864 bits per heavy atom. The van der Waals surface area contributed by atoms with Gasteiger partial charge in [0.25, 0.3) is 11.8 Å². The number of carbonyl (C=O) groups excluding carboxylic acids is 2. The molecule has 6 rings (SSSR count). The fourth-order valence-corrected chi connectivity index (χ4v) is 6.68. The molecule has 0 aliphatic carbocycles. The zero-order valence-electron chi connectivity index (χ0n) is 28.3. The van der Waals surface area contributed by atoms with Gasteiger partial charge < -0.3 is 19.5 Å². The van der Waals surface area contributed by atoms with Crippen LogP contribution in [-0.4, -0.2) is 11.8 Å². The highest BCUT2D eigenvalue weighted by Gasteiger charge is 2.49. The van der Waals surface area contributed by atoms with Crippen LogP contribution in [0.1, 0.15) is 129 Å². The Hall–Kier alpha value is -3.80. The largest absolute Gasteiger partial charge is 0.465 e. The predicted octanol–water partition coefficient (Wildman–Crippen LogP) is 8.71. The van der Waals surface area contributed by atoms with E-state index < -0.39 is 12.1 Å². The number of hydrogen-bond donors (Lipinski definition) is 2. The third kappa shape index (κ3) is 4.69. The monoisotopic (exact) mass is 594 g/mol. The van der Waals surface area contributed by atoms with E-state index in [4.69, 9.17) is 8.83 Å². The zero-order chi connectivity index (χ0) is 32.3. The van der Waals surface area contributed by atoms with E-state index >= 15 is 0 Å². The van der Waals surface area contributed by atoms with Crippen molar-refractivity contribution in [2.45, 2.75) is 117 Å². The van der Waals surface area contributed by atoms with E-state index in [9.17, 15) is 9.59 Å². The summed E-state index contributed by atoms with van der Waals surface area (Å²) in [6, 6.07) is 7.43. The second-order valence-corrected chi connectivity index (χ2v) is 16.8. The topological polar surface area (TPSA) is 84.5 Å². The Morgan fingerprint density at radius 3 is 1.16 bits per heavy atom. The summed E-state index contributed by atoms with van der Waals surface area (Å²) in [5.41, 5.74) is 5.01. The molecule has 6 nitrogen and oxygen atoms in total. The standard InChI is InChI=1S/C38H46N2O4/c1-35(2,3)21-13-19-17-43-31(25(19)23(15-21)37(7,8)9)29-27-28(34(42)39-29)30(40-33(27)41)32-26-20(18-44-32)14-22(36(4,5)6)16-24(26)38(10,11)12/h13-18,29-30H,1-12H3,(H,39,42)(H,40,41). The van der Waals surface area contributed by atoms with Crippen molar-refractivity contribution in [2.24, 2.45) is 0 Å². The van der Waals surface area contributed by atoms with Crippen LogP contribution in [0.4, 0.5) is 0 Å². The van der Waals surface area contributed by atoms with Gasteiger partial charge in [-0.3, -0.25) is 9.59 Å². The minimum atomic E-state index is -0.697. The van der Waals surface area contributed by atoms with Gasteiger partial charge in [0.05, 0.1) is 23.7 Å². The molecule has 4 heterocycles. The number of nitrogens with one attached hydrogen (secondary N) is 2. The van der Waals surface area contributed by atoms with Crippen molar-refractivity contribution in [3.05, 3.63) is 81.7 Å². The summed E-state index contributed by atoms with van der Waals surface area (Å²) in [6.07, 6.45) is 3.51. The molecule has 0 spiro atoms. The molecule has 2 amide bonds. The summed E-state index contributed by atoms with van der Waals surface area (Å²) in [4.78, 5) is 27.5. The maximum atomic E-state index is 13.8. The number of carbonyl (C=O) groups is 2. The molecular formula is C38H46N2O4. The molecule has 2 N–H and O–H groups in total. The van der Waals surface area contributed by atoms with Crippen molar-refractivity contribution >= 4 is 33.4 Å². The molecule has 0 fully saturated rings. The van der Waals surface area contributed by atoms with Crippen LogP contribution in [0.25, 0.3) is 21.5 Å². The van der Waals surface area contributed by atoms with Gasteiger partial charge in [0.15, 0.2) is 0 Å². The summed E-state index contributed by atoms with van der Waals surface area (Å²) < 4.78 is 12.5. The molecule has 44 heavy (non-hydrogen) atoms. The molecule has 2 unspecified atom stereocenters. The number of hydrogen-bond acceptors (Lipinski definition) is 4. The quantitative estimate of drug-likeness (QED) is 0.243. The van der Waals surface area contributed by atoms with Crippen molar-refractivity contribution in [3.63, 3.8) is 0 Å². The van der Waals surface area contributed by atoms with Crippen LogP contribution >= 0.6 is 0 Å². The Balaban J connectivity index is 1.53. The van der Waals surface area contributed by atoms with Gasteiger partial charge in [-0.2, -0.15) is 0 Å². The van der Waals surface area contributed by atoms with Crippen molar-refractivity contribution in [3.8, 4) is 0 Å². The molecule has 6 heteroatoms. The maximum absolute atomic E-state index is 13.8. The van der Waals surface area contributed by atoms with Crippen molar-refractivity contribution < 1.29 is 18.4 Å². The summed E-state index contributed by atoms with van der Waals surface area (Å²) in [6.45, 7) is 26.3. The van der Waals surface area contributed by atoms with E-state index in [1.165, 1.54) is 11.1 Å². The number of furan rings is 2. The van der Waals surface area contributed by atoms with Gasteiger partial charge in [0.2, 0.25) is 0 Å². The molecule has 2 atom stereocenters. The van der Waals surface area contributed by atoms with Crippen LogP contribution in [0.2, 0.25) is 0 Å². The smallest absolute Gasteiger partial charge is 0.251 e. The summed E-state index contributed by atoms with van der Waals surface area (Å²) >= 11 is 0. The second kappa shape index (κ2) is 9.35. The second-order valence-electron chi connectivity index (χ2n) is 16.8. The Bertz CT molecular complexity index is 1750. The van der Waals surface area contributed by atoms with E-state index in [0.717, 1.165) is 32.7 Å². The molecular weight excluding hydrogens is 548 g/mol. The van der Waals surface area contributed by atoms with E-state index in [-0.39, 0.29) is 33.5 Å². The molecule has 0 radical (unpaired) electrons. The minimum absolute atomic E-state index is 0.0488. The highest BCUT2D eigenvalue weighted by Crippen LogP contribution is 2.48. The van der Waals surface area contributed by atoms with E-state index in [1.807, 2.05) is 0 Å². The highest BCUT2D eigenvalue weighted by atomic mass is 16.3. The molecule has 2 aromatic carbocycles. The minimum Gasteiger partial charge on any atom is -0.465 e. The highest BCUT2D eigenvalue weighted by molar-refractivity contribution is 6.15. The number of amides is 2. The van der Waals surface area contributed by atoms with Crippen LogP contribution in [0.3, 0.4) is 0 Å². The molecule has 2 aromatic heterocycles. The van der Waals surface area contributed by atoms with Gasteiger partial charge in [-0.15, -0.1) is 0 Å². The van der Waals surface area contributed by atoms with Gasteiger partial charge >= 0.3 is 0 Å². The average molecular weight is 595 g/mol. The van der Waals surface area contributed by atoms with E-state index in [2.05, 4.69) is 118 Å². The van der Waals surface area contributed by atoms with Crippen molar-refractivity contribution in [1.29, 1.82) is 0 Å². The third-order valence-corrected chi connectivity index (χ3v) is 9.24. The summed E-state index contributed by atoms with van der Waals surface area (Å²) in [5.74, 6) is 0.618. The lowest BCUT2D eigenvalue weighted by molar-refractivity contribution is -0.118. The van der Waals surface area contributed by atoms with Gasteiger partial charge in [-0.05, 0) is 56.0 Å². The molecule has 0 saturated heterocycles.